The zero-order valence-electron chi connectivity index (χ0n) is 13.6. The van der Waals surface area contributed by atoms with E-state index in [0.717, 1.165) is 34.7 Å². The third-order valence-corrected chi connectivity index (χ3v) is 8.70. The molecular formula is C16H18ClFN2O2S3. The Morgan fingerprint density at radius 1 is 1.40 bits per heavy atom. The molecule has 0 unspecified atom stereocenters. The van der Waals surface area contributed by atoms with Crippen molar-refractivity contribution in [3.05, 3.63) is 40.1 Å². The van der Waals surface area contributed by atoms with Gasteiger partial charge in [-0.05, 0) is 43.9 Å². The molecule has 0 aliphatic carbocycles. The van der Waals surface area contributed by atoms with Crippen LogP contribution in [0.15, 0.2) is 32.8 Å². The summed E-state index contributed by atoms with van der Waals surface area (Å²) in [5.41, 5.74) is 1.03. The zero-order chi connectivity index (χ0) is 18.0. The fourth-order valence-corrected chi connectivity index (χ4v) is 6.49. The number of benzene rings is 1. The number of halogens is 2. The Morgan fingerprint density at radius 2 is 2.12 bits per heavy atom. The number of sulfonamides is 1. The average molecular weight is 421 g/mol. The minimum Gasteiger partial charge on any atom is -0.235 e. The molecule has 9 heteroatoms. The third kappa shape index (κ3) is 4.54. The topological polar surface area (TPSA) is 50.3 Å². The number of aromatic nitrogens is 1. The molecule has 0 bridgehead atoms. The second-order valence-corrected chi connectivity index (χ2v) is 10.5. The quantitative estimate of drug-likeness (QED) is 0.671. The first-order valence-electron chi connectivity index (χ1n) is 7.86. The van der Waals surface area contributed by atoms with Gasteiger partial charge in [0.15, 0.2) is 0 Å². The lowest BCUT2D eigenvalue weighted by Crippen LogP contribution is -2.38. The second-order valence-electron chi connectivity index (χ2n) is 5.99. The van der Waals surface area contributed by atoms with Gasteiger partial charge in [0.25, 0.3) is 0 Å². The molecule has 0 radical (unpaired) electrons. The predicted molar refractivity (Wildman–Crippen MR) is 100 cm³/mol. The highest BCUT2D eigenvalue weighted by Gasteiger charge is 2.30. The number of thiazole rings is 1. The summed E-state index contributed by atoms with van der Waals surface area (Å²) in [6.45, 7) is 2.92. The lowest BCUT2D eigenvalue weighted by atomic mass is 10.0. The molecular weight excluding hydrogens is 403 g/mol. The molecule has 2 heterocycles. The molecule has 0 amide bonds. The first-order valence-corrected chi connectivity index (χ1v) is 11.5. The molecule has 1 saturated heterocycles. The van der Waals surface area contributed by atoms with Gasteiger partial charge >= 0.3 is 0 Å². The molecule has 0 atom stereocenters. The molecule has 1 aliphatic heterocycles. The Labute approximate surface area is 160 Å². The van der Waals surface area contributed by atoms with Crippen LogP contribution >= 0.6 is 34.7 Å². The maximum Gasteiger partial charge on any atom is 0.243 e. The second kappa shape index (κ2) is 7.92. The molecule has 3 rings (SSSR count). The number of thioether (sulfide) groups is 1. The lowest BCUT2D eigenvalue weighted by molar-refractivity contribution is 0.291. The molecule has 4 nitrogen and oxygen atoms in total. The van der Waals surface area contributed by atoms with Gasteiger partial charge in [-0.1, -0.05) is 23.4 Å². The van der Waals surface area contributed by atoms with Gasteiger partial charge in [0.05, 0.1) is 9.92 Å². The highest BCUT2D eigenvalue weighted by atomic mass is 35.5. The van der Waals surface area contributed by atoms with Crippen molar-refractivity contribution in [1.82, 2.24) is 9.29 Å². The summed E-state index contributed by atoms with van der Waals surface area (Å²) in [4.78, 5) is 4.48. The van der Waals surface area contributed by atoms with Crippen molar-refractivity contribution in [3.8, 4) is 0 Å². The van der Waals surface area contributed by atoms with Crippen molar-refractivity contribution in [2.24, 2.45) is 5.92 Å². The first-order chi connectivity index (χ1) is 11.9. The van der Waals surface area contributed by atoms with Crippen LogP contribution in [-0.2, 0) is 10.0 Å². The number of nitrogens with zero attached hydrogens (tertiary/aromatic N) is 2. The minimum absolute atomic E-state index is 0.0463. The molecule has 1 aromatic carbocycles. The highest BCUT2D eigenvalue weighted by molar-refractivity contribution is 8.01. The number of aryl methyl sites for hydroxylation is 1. The van der Waals surface area contributed by atoms with Gasteiger partial charge in [-0.2, -0.15) is 4.31 Å². The first kappa shape index (κ1) is 19.1. The van der Waals surface area contributed by atoms with Crippen LogP contribution in [0.3, 0.4) is 0 Å². The molecule has 0 saturated carbocycles. The Bertz CT molecular complexity index is 849. The van der Waals surface area contributed by atoms with E-state index >= 15 is 0 Å². The number of rotatable bonds is 5. The summed E-state index contributed by atoms with van der Waals surface area (Å²) < 4.78 is 41.1. The van der Waals surface area contributed by atoms with Gasteiger partial charge in [-0.25, -0.2) is 17.8 Å². The van der Waals surface area contributed by atoms with E-state index in [2.05, 4.69) is 4.98 Å². The standard InChI is InChI=1S/C16H18ClFN2O2S3/c1-11-9-23-16(19-11)24-10-12-4-6-20(7-5-12)25(21,22)13-2-3-15(18)14(17)8-13/h2-3,8-9,12H,4-7,10H2,1H3. The smallest absolute Gasteiger partial charge is 0.235 e. The Hall–Kier alpha value is -0.670. The fourth-order valence-electron chi connectivity index (χ4n) is 2.69. The summed E-state index contributed by atoms with van der Waals surface area (Å²) in [7, 11) is -3.62. The largest absolute Gasteiger partial charge is 0.243 e. The SMILES string of the molecule is Cc1csc(SCC2CCN(S(=O)(=O)c3ccc(F)c(Cl)c3)CC2)n1. The normalized spacial score (nSPS) is 17.1. The van der Waals surface area contributed by atoms with Crippen molar-refractivity contribution < 1.29 is 12.8 Å². The van der Waals surface area contributed by atoms with E-state index in [1.165, 1.54) is 16.4 Å². The highest BCUT2D eigenvalue weighted by Crippen LogP contribution is 2.31. The van der Waals surface area contributed by atoms with Crippen molar-refractivity contribution in [2.75, 3.05) is 18.8 Å². The Morgan fingerprint density at radius 3 is 2.72 bits per heavy atom. The van der Waals surface area contributed by atoms with Crippen molar-refractivity contribution in [3.63, 3.8) is 0 Å². The summed E-state index contributed by atoms with van der Waals surface area (Å²) in [6.07, 6.45) is 1.62. The van der Waals surface area contributed by atoms with E-state index in [9.17, 15) is 12.8 Å². The fraction of sp³-hybridized carbons (Fsp3) is 0.438. The maximum absolute atomic E-state index is 13.3. The van der Waals surface area contributed by atoms with Crippen LogP contribution in [0.2, 0.25) is 5.02 Å². The van der Waals surface area contributed by atoms with Gasteiger partial charge < -0.3 is 0 Å². The van der Waals surface area contributed by atoms with Crippen LogP contribution in [0.1, 0.15) is 18.5 Å². The monoisotopic (exact) mass is 420 g/mol. The van der Waals surface area contributed by atoms with Crippen molar-refractivity contribution in [2.45, 2.75) is 29.0 Å². The molecule has 1 fully saturated rings. The van der Waals surface area contributed by atoms with Crippen LogP contribution in [0, 0.1) is 18.7 Å². The molecule has 136 valence electrons. The molecule has 2 aromatic rings. The van der Waals surface area contributed by atoms with Gasteiger partial charge in [0.2, 0.25) is 10.0 Å². The van der Waals surface area contributed by atoms with Gasteiger partial charge in [-0.3, -0.25) is 0 Å². The van der Waals surface area contributed by atoms with Gasteiger partial charge in [0.1, 0.15) is 10.2 Å². The summed E-state index contributed by atoms with van der Waals surface area (Å²) >= 11 is 9.10. The lowest BCUT2D eigenvalue weighted by Gasteiger charge is -2.31. The maximum atomic E-state index is 13.3. The zero-order valence-corrected chi connectivity index (χ0v) is 16.8. The molecule has 0 N–H and O–H groups in total. The van der Waals surface area contributed by atoms with Crippen molar-refractivity contribution in [1.29, 1.82) is 0 Å². The van der Waals surface area contributed by atoms with E-state index in [0.29, 0.717) is 19.0 Å². The summed E-state index contributed by atoms with van der Waals surface area (Å²) in [5, 5.41) is 1.86. The van der Waals surface area contributed by atoms with E-state index in [4.69, 9.17) is 11.6 Å². The number of hydrogen-bond donors (Lipinski definition) is 0. The summed E-state index contributed by atoms with van der Waals surface area (Å²) in [6, 6.07) is 3.54. The van der Waals surface area contributed by atoms with Crippen LogP contribution in [0.4, 0.5) is 4.39 Å². The van der Waals surface area contributed by atoms with Crippen LogP contribution < -0.4 is 0 Å². The number of piperidine rings is 1. The summed E-state index contributed by atoms with van der Waals surface area (Å²) in [5.74, 6) is 0.801. The van der Waals surface area contributed by atoms with Gasteiger partial charge in [0, 0.05) is 29.9 Å². The van der Waals surface area contributed by atoms with Crippen molar-refractivity contribution >= 4 is 44.7 Å². The third-order valence-electron chi connectivity index (χ3n) is 4.14. The molecule has 25 heavy (non-hydrogen) atoms. The molecule has 0 spiro atoms. The Balaban J connectivity index is 1.58. The van der Waals surface area contributed by atoms with Crippen LogP contribution in [0.5, 0.6) is 0 Å². The van der Waals surface area contributed by atoms with Crippen LogP contribution in [0.25, 0.3) is 0 Å². The van der Waals surface area contributed by atoms with Gasteiger partial charge in [-0.15, -0.1) is 11.3 Å². The van der Waals surface area contributed by atoms with E-state index < -0.39 is 15.8 Å². The minimum atomic E-state index is -3.62. The van der Waals surface area contributed by atoms with Crippen LogP contribution in [-0.4, -0.2) is 36.5 Å². The van der Waals surface area contributed by atoms with E-state index in [1.54, 1.807) is 23.1 Å². The number of hydrogen-bond acceptors (Lipinski definition) is 5. The Kier molecular flexibility index (Phi) is 6.05. The van der Waals surface area contributed by atoms with E-state index in [1.807, 2.05) is 12.3 Å². The molecule has 1 aromatic heterocycles. The predicted octanol–water partition coefficient (Wildman–Crippen LogP) is 4.44. The molecule has 1 aliphatic rings. The average Bonchev–Trinajstić information content (AvgIpc) is 3.01. The van der Waals surface area contributed by atoms with E-state index in [-0.39, 0.29) is 9.92 Å².